The van der Waals surface area contributed by atoms with Gasteiger partial charge in [0.1, 0.15) is 23.9 Å². The zero-order valence-corrected chi connectivity index (χ0v) is 21.4. The lowest BCUT2D eigenvalue weighted by molar-refractivity contribution is -0.181. The molecule has 2 aliphatic heterocycles. The Bertz CT molecular complexity index is 1110. The molecule has 4 rings (SSSR count). The van der Waals surface area contributed by atoms with E-state index < -0.39 is 29.8 Å². The lowest BCUT2D eigenvalue weighted by Crippen LogP contribution is -2.42. The van der Waals surface area contributed by atoms with E-state index in [4.69, 9.17) is 4.74 Å². The summed E-state index contributed by atoms with van der Waals surface area (Å²) >= 11 is 0. The van der Waals surface area contributed by atoms with Gasteiger partial charge in [-0.1, -0.05) is 0 Å². The molecule has 2 aromatic heterocycles. The average Bonchev–Trinajstić information content (AvgIpc) is 3.25. The van der Waals surface area contributed by atoms with Gasteiger partial charge in [0.05, 0.1) is 11.8 Å². The molecule has 0 bridgehead atoms. The average molecular weight is 523 g/mol. The maximum atomic E-state index is 13.5. The highest BCUT2D eigenvalue weighted by Crippen LogP contribution is 2.40. The number of alkyl halides is 3. The van der Waals surface area contributed by atoms with Crippen molar-refractivity contribution in [1.82, 2.24) is 15.0 Å². The van der Waals surface area contributed by atoms with E-state index in [9.17, 15) is 23.1 Å². The number of nitrogens with one attached hydrogen (secondary N) is 1. The smallest absolute Gasteiger partial charge is 0.416 e. The van der Waals surface area contributed by atoms with Crippen LogP contribution in [0.1, 0.15) is 46.2 Å². The number of carbonyl (C=O) groups is 1. The Kier molecular flexibility index (Phi) is 7.50. The second-order valence-corrected chi connectivity index (χ2v) is 10.3. The number of ether oxygens (including phenoxy) is 1. The fourth-order valence-corrected chi connectivity index (χ4v) is 4.69. The second kappa shape index (κ2) is 10.3. The van der Waals surface area contributed by atoms with E-state index in [1.807, 2.05) is 6.92 Å². The van der Waals surface area contributed by atoms with Crippen LogP contribution in [0.3, 0.4) is 0 Å². The van der Waals surface area contributed by atoms with Gasteiger partial charge in [0.25, 0.3) is 0 Å². The molecule has 2 fully saturated rings. The second-order valence-electron chi connectivity index (χ2n) is 10.3. The molecule has 0 radical (unpaired) electrons. The molecule has 1 unspecified atom stereocenters. The number of piperidine rings is 1. The number of anilines is 3. The van der Waals surface area contributed by atoms with Gasteiger partial charge in [-0.25, -0.2) is 9.78 Å². The largest absolute Gasteiger partial charge is 0.447 e. The molecule has 0 aliphatic carbocycles. The molecule has 12 heteroatoms. The minimum atomic E-state index is -4.39. The highest BCUT2D eigenvalue weighted by Gasteiger charge is 2.49. The molecule has 37 heavy (non-hydrogen) atoms. The molecule has 0 aromatic carbocycles. The summed E-state index contributed by atoms with van der Waals surface area (Å²) in [5, 5.41) is 13.3. The molecular weight excluding hydrogens is 489 g/mol. The number of aliphatic hydroxyl groups excluding tert-OH is 1. The Morgan fingerprint density at radius 1 is 1.14 bits per heavy atom. The van der Waals surface area contributed by atoms with Crippen molar-refractivity contribution in [3.63, 3.8) is 0 Å². The minimum absolute atomic E-state index is 0.00593. The summed E-state index contributed by atoms with van der Waals surface area (Å²) in [6, 6.07) is 4.39. The van der Waals surface area contributed by atoms with Crippen LogP contribution >= 0.6 is 0 Å². The Hall–Kier alpha value is -3.15. The molecule has 1 amide bonds. The Morgan fingerprint density at radius 3 is 2.46 bits per heavy atom. The van der Waals surface area contributed by atoms with Crippen LogP contribution in [0.4, 0.5) is 35.4 Å². The van der Waals surface area contributed by atoms with E-state index in [-0.39, 0.29) is 18.3 Å². The Labute approximate surface area is 214 Å². The van der Waals surface area contributed by atoms with E-state index >= 15 is 0 Å². The normalized spacial score (nSPS) is 21.1. The van der Waals surface area contributed by atoms with E-state index in [1.54, 1.807) is 31.3 Å². The number of amides is 1. The first kappa shape index (κ1) is 26.9. The summed E-state index contributed by atoms with van der Waals surface area (Å²) < 4.78 is 45.6. The molecule has 2 aromatic rings. The van der Waals surface area contributed by atoms with E-state index in [0.717, 1.165) is 32.4 Å². The summed E-state index contributed by atoms with van der Waals surface area (Å²) in [6.45, 7) is 7.41. The number of pyridine rings is 1. The fraction of sp³-hybridized carbons (Fsp3) is 0.600. The van der Waals surface area contributed by atoms with Crippen LogP contribution in [-0.4, -0.2) is 70.2 Å². The third-order valence-corrected chi connectivity index (χ3v) is 7.41. The number of aliphatic hydroxyl groups is 1. The highest BCUT2D eigenvalue weighted by molar-refractivity contribution is 5.89. The monoisotopic (exact) mass is 522 g/mol. The van der Waals surface area contributed by atoms with Crippen LogP contribution < -0.4 is 15.1 Å². The van der Waals surface area contributed by atoms with Crippen molar-refractivity contribution in [3.8, 4) is 0 Å². The third-order valence-electron chi connectivity index (χ3n) is 7.41. The maximum Gasteiger partial charge on any atom is 0.416 e. The molecular formula is C25H33F3N6O3. The SMILES string of the molecule is C[C@H](O)C1COC(=O)N1c1ccnc(N[C@@H](C)C2CCN(c3ccnc(C(C)(C)C(F)(F)F)c3)CC2)n1. The molecule has 0 saturated carbocycles. The van der Waals surface area contributed by atoms with Crippen molar-refractivity contribution >= 4 is 23.5 Å². The van der Waals surface area contributed by atoms with Gasteiger partial charge in [-0.3, -0.25) is 9.88 Å². The molecule has 2 saturated heterocycles. The van der Waals surface area contributed by atoms with Crippen LogP contribution in [0.2, 0.25) is 0 Å². The predicted octanol–water partition coefficient (Wildman–Crippen LogP) is 4.13. The predicted molar refractivity (Wildman–Crippen MR) is 133 cm³/mol. The number of aromatic nitrogens is 3. The fourth-order valence-electron chi connectivity index (χ4n) is 4.69. The summed E-state index contributed by atoms with van der Waals surface area (Å²) in [7, 11) is 0. The van der Waals surface area contributed by atoms with Crippen LogP contribution in [0, 0.1) is 5.92 Å². The Balaban J connectivity index is 1.38. The summed E-state index contributed by atoms with van der Waals surface area (Å²) in [5.41, 5.74) is -1.29. The van der Waals surface area contributed by atoms with Crippen LogP contribution in [0.25, 0.3) is 0 Å². The van der Waals surface area contributed by atoms with Crippen molar-refractivity contribution in [2.24, 2.45) is 5.92 Å². The highest BCUT2D eigenvalue weighted by atomic mass is 19.4. The van der Waals surface area contributed by atoms with Gasteiger partial charge in [-0.15, -0.1) is 0 Å². The third kappa shape index (κ3) is 5.58. The molecule has 2 aliphatic rings. The van der Waals surface area contributed by atoms with Crippen molar-refractivity contribution in [2.45, 2.75) is 70.3 Å². The van der Waals surface area contributed by atoms with E-state index in [1.165, 1.54) is 11.1 Å². The maximum absolute atomic E-state index is 13.5. The van der Waals surface area contributed by atoms with Crippen molar-refractivity contribution < 1.29 is 27.8 Å². The van der Waals surface area contributed by atoms with Gasteiger partial charge >= 0.3 is 12.3 Å². The zero-order valence-electron chi connectivity index (χ0n) is 21.4. The number of hydrogen-bond donors (Lipinski definition) is 2. The number of hydrogen-bond acceptors (Lipinski definition) is 8. The zero-order chi connectivity index (χ0) is 27.0. The molecule has 202 valence electrons. The number of rotatable bonds is 7. The first-order chi connectivity index (χ1) is 17.4. The molecule has 4 heterocycles. The Morgan fingerprint density at radius 2 is 1.81 bits per heavy atom. The number of halogens is 3. The summed E-state index contributed by atoms with van der Waals surface area (Å²) in [4.78, 5) is 28.4. The summed E-state index contributed by atoms with van der Waals surface area (Å²) in [6.07, 6.45) is -1.08. The van der Waals surface area contributed by atoms with E-state index in [0.29, 0.717) is 30.8 Å². The van der Waals surface area contributed by atoms with Crippen molar-refractivity contribution in [2.75, 3.05) is 34.8 Å². The van der Waals surface area contributed by atoms with Gasteiger partial charge in [-0.2, -0.15) is 18.2 Å². The molecule has 2 N–H and O–H groups in total. The van der Waals surface area contributed by atoms with Crippen LogP contribution in [0.15, 0.2) is 30.6 Å². The minimum Gasteiger partial charge on any atom is -0.447 e. The molecule has 3 atom stereocenters. The van der Waals surface area contributed by atoms with E-state index in [2.05, 4.69) is 25.2 Å². The first-order valence-electron chi connectivity index (χ1n) is 12.4. The quantitative estimate of drug-likeness (QED) is 0.560. The van der Waals surface area contributed by atoms with Crippen molar-refractivity contribution in [3.05, 3.63) is 36.3 Å². The van der Waals surface area contributed by atoms with Gasteiger partial charge in [0.15, 0.2) is 0 Å². The van der Waals surface area contributed by atoms with Gasteiger partial charge in [0.2, 0.25) is 5.95 Å². The standard InChI is InChI=1S/C25H33F3N6O3/c1-15(31-22-30-10-6-21(32-22)34-19(16(2)35)14-37-23(34)36)17-7-11-33(12-8-17)18-5-9-29-20(13-18)24(3,4)25(26,27)28/h5-6,9-10,13,15-17,19,35H,7-8,11-12,14H2,1-4H3,(H,30,31,32)/t15-,16-,19?/m0/s1. The molecule has 0 spiro atoms. The van der Waals surface area contributed by atoms with Crippen LogP contribution in [0.5, 0.6) is 0 Å². The number of cyclic esters (lactones) is 1. The first-order valence-corrected chi connectivity index (χ1v) is 12.4. The van der Waals surface area contributed by atoms with Gasteiger partial charge in [-0.05, 0) is 64.7 Å². The topological polar surface area (TPSA) is 104 Å². The van der Waals surface area contributed by atoms with Gasteiger partial charge in [0, 0.05) is 37.2 Å². The van der Waals surface area contributed by atoms with Gasteiger partial charge < -0.3 is 20.1 Å². The lowest BCUT2D eigenvalue weighted by atomic mass is 9.87. The summed E-state index contributed by atoms with van der Waals surface area (Å²) in [5.74, 6) is 1.01. The number of carbonyl (C=O) groups excluding carboxylic acids is 1. The van der Waals surface area contributed by atoms with Crippen LogP contribution in [-0.2, 0) is 10.2 Å². The van der Waals surface area contributed by atoms with Crippen molar-refractivity contribution in [1.29, 1.82) is 0 Å². The molecule has 9 nitrogen and oxygen atoms in total. The lowest BCUT2D eigenvalue weighted by Gasteiger charge is -2.37. The number of nitrogens with zero attached hydrogens (tertiary/aromatic N) is 5.